The molecule has 1 heterocycles. The fourth-order valence-electron chi connectivity index (χ4n) is 2.43. The van der Waals surface area contributed by atoms with Crippen LogP contribution in [0, 0.1) is 5.92 Å². The zero-order valence-electron chi connectivity index (χ0n) is 14.5. The third-order valence-electron chi connectivity index (χ3n) is 3.61. The Morgan fingerprint density at radius 2 is 1.95 bits per heavy atom. The highest BCUT2D eigenvalue weighted by atomic mass is 16.2. The Bertz CT molecular complexity index is 494. The smallest absolute Gasteiger partial charge is 0.242 e. The van der Waals surface area contributed by atoms with E-state index >= 15 is 0 Å². The number of hydrogen-bond donors (Lipinski definition) is 0. The van der Waals surface area contributed by atoms with Crippen molar-refractivity contribution < 1.29 is 9.59 Å². The summed E-state index contributed by atoms with van der Waals surface area (Å²) in [5, 5.41) is 0. The van der Waals surface area contributed by atoms with E-state index in [0.29, 0.717) is 25.6 Å². The molecule has 0 fully saturated rings. The average molecular weight is 307 g/mol. The van der Waals surface area contributed by atoms with Crippen LogP contribution < -0.4 is 0 Å². The van der Waals surface area contributed by atoms with Gasteiger partial charge < -0.3 is 14.4 Å². The molecule has 0 unspecified atom stereocenters. The van der Waals surface area contributed by atoms with Gasteiger partial charge in [0.15, 0.2) is 0 Å². The van der Waals surface area contributed by atoms with Crippen molar-refractivity contribution in [3.63, 3.8) is 0 Å². The summed E-state index contributed by atoms with van der Waals surface area (Å²) in [5.74, 6) is 0.360. The molecule has 2 amide bonds. The van der Waals surface area contributed by atoms with Crippen molar-refractivity contribution in [1.82, 2.24) is 14.4 Å². The van der Waals surface area contributed by atoms with Gasteiger partial charge in [-0.1, -0.05) is 20.8 Å². The van der Waals surface area contributed by atoms with E-state index in [1.54, 1.807) is 4.90 Å². The summed E-state index contributed by atoms with van der Waals surface area (Å²) < 4.78 is 2.02. The molecule has 0 aliphatic heterocycles. The SMILES string of the molecule is CCCN(CC(=O)N(Cc1cccn1C)CC(C)C)C(C)=O. The van der Waals surface area contributed by atoms with Gasteiger partial charge in [0.2, 0.25) is 11.8 Å². The molecule has 0 saturated heterocycles. The molecule has 1 aromatic heterocycles. The van der Waals surface area contributed by atoms with Crippen molar-refractivity contribution in [1.29, 1.82) is 0 Å². The zero-order valence-corrected chi connectivity index (χ0v) is 14.5. The quantitative estimate of drug-likeness (QED) is 0.739. The molecule has 1 aromatic rings. The van der Waals surface area contributed by atoms with Gasteiger partial charge in [0.05, 0.1) is 13.1 Å². The van der Waals surface area contributed by atoms with Crippen LogP contribution in [0.15, 0.2) is 18.3 Å². The van der Waals surface area contributed by atoms with Crippen molar-refractivity contribution in [2.75, 3.05) is 19.6 Å². The van der Waals surface area contributed by atoms with Crippen LogP contribution in [0.3, 0.4) is 0 Å². The number of rotatable bonds is 8. The fourth-order valence-corrected chi connectivity index (χ4v) is 2.43. The maximum atomic E-state index is 12.6. The first-order valence-corrected chi connectivity index (χ1v) is 7.98. The summed E-state index contributed by atoms with van der Waals surface area (Å²) in [5.41, 5.74) is 1.10. The molecule has 0 N–H and O–H groups in total. The Labute approximate surface area is 133 Å². The largest absolute Gasteiger partial charge is 0.353 e. The lowest BCUT2D eigenvalue weighted by molar-refractivity contribution is -0.140. The Morgan fingerprint density at radius 1 is 1.27 bits per heavy atom. The average Bonchev–Trinajstić information content (AvgIpc) is 2.82. The predicted octanol–water partition coefficient (Wildman–Crippen LogP) is 2.27. The molecule has 1 rings (SSSR count). The second kappa shape index (κ2) is 8.61. The summed E-state index contributed by atoms with van der Waals surface area (Å²) in [4.78, 5) is 27.7. The molecule has 0 atom stereocenters. The van der Waals surface area contributed by atoms with Crippen LogP contribution in [-0.2, 0) is 23.2 Å². The Balaban J connectivity index is 2.79. The molecule has 0 saturated carbocycles. The van der Waals surface area contributed by atoms with Crippen LogP contribution in [0.2, 0.25) is 0 Å². The highest BCUT2D eigenvalue weighted by Crippen LogP contribution is 2.09. The van der Waals surface area contributed by atoms with E-state index in [0.717, 1.165) is 12.1 Å². The molecule has 0 spiro atoms. The number of amides is 2. The predicted molar refractivity (Wildman–Crippen MR) is 88.2 cm³/mol. The summed E-state index contributed by atoms with van der Waals surface area (Å²) >= 11 is 0. The number of aromatic nitrogens is 1. The van der Waals surface area contributed by atoms with E-state index in [-0.39, 0.29) is 18.4 Å². The van der Waals surface area contributed by atoms with Gasteiger partial charge in [-0.05, 0) is 24.5 Å². The molecule has 0 bridgehead atoms. The van der Waals surface area contributed by atoms with E-state index in [1.165, 1.54) is 6.92 Å². The second-order valence-corrected chi connectivity index (χ2v) is 6.22. The summed E-state index contributed by atoms with van der Waals surface area (Å²) in [7, 11) is 1.98. The monoisotopic (exact) mass is 307 g/mol. The topological polar surface area (TPSA) is 45.6 Å². The molecular weight excluding hydrogens is 278 g/mol. The number of carbonyl (C=O) groups excluding carboxylic acids is 2. The molecular formula is C17H29N3O2. The maximum absolute atomic E-state index is 12.6. The summed E-state index contributed by atoms with van der Waals surface area (Å²) in [6, 6.07) is 4.00. The Hall–Kier alpha value is -1.78. The third-order valence-corrected chi connectivity index (χ3v) is 3.61. The Morgan fingerprint density at radius 3 is 2.41 bits per heavy atom. The molecule has 0 aliphatic rings. The number of carbonyl (C=O) groups is 2. The van der Waals surface area contributed by atoms with E-state index in [4.69, 9.17) is 0 Å². The maximum Gasteiger partial charge on any atom is 0.242 e. The first-order valence-electron chi connectivity index (χ1n) is 7.98. The molecule has 5 heteroatoms. The van der Waals surface area contributed by atoms with Crippen molar-refractivity contribution in [2.45, 2.75) is 40.7 Å². The summed E-state index contributed by atoms with van der Waals surface area (Å²) in [6.45, 7) is 9.80. The second-order valence-electron chi connectivity index (χ2n) is 6.22. The highest BCUT2D eigenvalue weighted by molar-refractivity contribution is 5.83. The number of hydrogen-bond acceptors (Lipinski definition) is 2. The van der Waals surface area contributed by atoms with Crippen LogP contribution in [0.25, 0.3) is 0 Å². The highest BCUT2D eigenvalue weighted by Gasteiger charge is 2.20. The molecule has 0 aliphatic carbocycles. The van der Waals surface area contributed by atoms with Crippen LogP contribution in [0.4, 0.5) is 0 Å². The standard InChI is InChI=1S/C17H29N3O2/c1-6-9-19(15(4)21)13-17(22)20(11-14(2)3)12-16-8-7-10-18(16)5/h7-8,10,14H,6,9,11-13H2,1-5H3. The van der Waals surface area contributed by atoms with Crippen molar-refractivity contribution in [2.24, 2.45) is 13.0 Å². The summed E-state index contributed by atoms with van der Waals surface area (Å²) in [6.07, 6.45) is 2.83. The minimum absolute atomic E-state index is 0.0125. The molecule has 0 radical (unpaired) electrons. The lowest BCUT2D eigenvalue weighted by atomic mass is 10.2. The van der Waals surface area contributed by atoms with Crippen molar-refractivity contribution >= 4 is 11.8 Å². The van der Waals surface area contributed by atoms with Crippen LogP contribution in [0.5, 0.6) is 0 Å². The molecule has 22 heavy (non-hydrogen) atoms. The minimum Gasteiger partial charge on any atom is -0.353 e. The Kier molecular flexibility index (Phi) is 7.15. The van der Waals surface area contributed by atoms with E-state index in [2.05, 4.69) is 13.8 Å². The lowest BCUT2D eigenvalue weighted by Gasteiger charge is -2.28. The molecule has 0 aromatic carbocycles. The third kappa shape index (κ3) is 5.54. The van der Waals surface area contributed by atoms with Crippen LogP contribution in [0.1, 0.15) is 39.8 Å². The van der Waals surface area contributed by atoms with Gasteiger partial charge >= 0.3 is 0 Å². The van der Waals surface area contributed by atoms with E-state index in [9.17, 15) is 9.59 Å². The van der Waals surface area contributed by atoms with Gasteiger partial charge in [-0.3, -0.25) is 9.59 Å². The van der Waals surface area contributed by atoms with Gasteiger partial charge in [-0.25, -0.2) is 0 Å². The zero-order chi connectivity index (χ0) is 16.7. The van der Waals surface area contributed by atoms with Gasteiger partial charge in [0.25, 0.3) is 0 Å². The first-order chi connectivity index (χ1) is 10.3. The fraction of sp³-hybridized carbons (Fsp3) is 0.647. The van der Waals surface area contributed by atoms with Crippen LogP contribution in [-0.4, -0.2) is 45.8 Å². The first kappa shape index (κ1) is 18.3. The van der Waals surface area contributed by atoms with Gasteiger partial charge in [-0.2, -0.15) is 0 Å². The number of aryl methyl sites for hydroxylation is 1. The minimum atomic E-state index is -0.0430. The molecule has 124 valence electrons. The van der Waals surface area contributed by atoms with Gasteiger partial charge in [0, 0.05) is 39.0 Å². The van der Waals surface area contributed by atoms with E-state index < -0.39 is 0 Å². The number of nitrogens with zero attached hydrogens (tertiary/aromatic N) is 3. The van der Waals surface area contributed by atoms with Crippen LogP contribution >= 0.6 is 0 Å². The van der Waals surface area contributed by atoms with Crippen molar-refractivity contribution in [3.8, 4) is 0 Å². The molecule has 5 nitrogen and oxygen atoms in total. The lowest BCUT2D eigenvalue weighted by Crippen LogP contribution is -2.43. The van der Waals surface area contributed by atoms with Gasteiger partial charge in [-0.15, -0.1) is 0 Å². The van der Waals surface area contributed by atoms with Crippen molar-refractivity contribution in [3.05, 3.63) is 24.0 Å². The normalized spacial score (nSPS) is 10.8. The van der Waals surface area contributed by atoms with Gasteiger partial charge in [0.1, 0.15) is 0 Å². The van der Waals surface area contributed by atoms with E-state index in [1.807, 2.05) is 41.8 Å².